The highest BCUT2D eigenvalue weighted by atomic mass is 16.5. The molecule has 6 rings (SSSR count). The Morgan fingerprint density at radius 2 is 0.658 bits per heavy atom. The Balaban J connectivity index is 1.74. The van der Waals surface area contributed by atoms with Crippen molar-refractivity contribution < 1.29 is 9.47 Å². The van der Waals surface area contributed by atoms with Gasteiger partial charge < -0.3 is 9.47 Å². The zero-order chi connectivity index (χ0) is 25.9. The number of hydrogen-bond donors (Lipinski definition) is 0. The Morgan fingerprint density at radius 1 is 0.368 bits per heavy atom. The van der Waals surface area contributed by atoms with E-state index < -0.39 is 0 Å². The third-order valence-corrected chi connectivity index (χ3v) is 6.52. The van der Waals surface area contributed by atoms with Gasteiger partial charge in [0.25, 0.3) is 0 Å². The van der Waals surface area contributed by atoms with E-state index in [2.05, 4.69) is 0 Å². The van der Waals surface area contributed by atoms with Crippen LogP contribution in [0.3, 0.4) is 0 Å². The normalized spacial score (nSPS) is 10.9. The fourth-order valence-electron chi connectivity index (χ4n) is 4.60. The van der Waals surface area contributed by atoms with Crippen LogP contribution in [0.2, 0.25) is 0 Å². The summed E-state index contributed by atoms with van der Waals surface area (Å²) in [6.07, 6.45) is 0. The van der Waals surface area contributed by atoms with Crippen molar-refractivity contribution in [2.24, 2.45) is 0 Å². The van der Waals surface area contributed by atoms with Gasteiger partial charge in [0, 0.05) is 33.0 Å². The summed E-state index contributed by atoms with van der Waals surface area (Å²) in [4.78, 5) is 0. The third-order valence-electron chi connectivity index (χ3n) is 6.52. The molecule has 2 aromatic heterocycles. The molecule has 0 aliphatic heterocycles. The van der Waals surface area contributed by atoms with E-state index in [0.29, 0.717) is 0 Å². The molecule has 4 aromatic carbocycles. The molecule has 0 fully saturated rings. The standard InChI is InChI=1S/C32H24N4O2/c1-37-25-17-13-23(14-18-25)31-27-28(30(33-35-31)22-11-7-4-8-12-22)32(24-15-19-26(38-2)20-16-24)36-34-29(27)21-9-5-3-6-10-21/h3-20H,1-2H3. The van der Waals surface area contributed by atoms with Gasteiger partial charge in [-0.25, -0.2) is 0 Å². The van der Waals surface area contributed by atoms with Crippen LogP contribution in [0.25, 0.3) is 55.8 Å². The molecule has 0 N–H and O–H groups in total. The molecule has 0 saturated carbocycles. The van der Waals surface area contributed by atoms with Crippen molar-refractivity contribution >= 4 is 10.8 Å². The SMILES string of the molecule is COc1ccc(-c2nnc(-c3ccccc3)c3c(-c4ccc(OC)cc4)nnc(-c4ccccc4)c23)cc1. The summed E-state index contributed by atoms with van der Waals surface area (Å²) in [6.45, 7) is 0. The molecule has 0 spiro atoms. The Hall–Kier alpha value is -5.10. The molecule has 0 amide bonds. The molecule has 2 heterocycles. The molecule has 6 nitrogen and oxygen atoms in total. The fourth-order valence-corrected chi connectivity index (χ4v) is 4.60. The number of nitrogens with zero attached hydrogens (tertiary/aromatic N) is 4. The van der Waals surface area contributed by atoms with E-state index in [9.17, 15) is 0 Å². The molecule has 0 aliphatic carbocycles. The van der Waals surface area contributed by atoms with Crippen LogP contribution in [0, 0.1) is 0 Å². The van der Waals surface area contributed by atoms with E-state index in [1.54, 1.807) is 14.2 Å². The molecule has 0 unspecified atom stereocenters. The van der Waals surface area contributed by atoms with E-state index in [-0.39, 0.29) is 0 Å². The molecule has 6 heteroatoms. The van der Waals surface area contributed by atoms with E-state index in [1.165, 1.54) is 0 Å². The number of hydrogen-bond acceptors (Lipinski definition) is 6. The first-order valence-corrected chi connectivity index (χ1v) is 12.2. The minimum absolute atomic E-state index is 0.728. The first kappa shape index (κ1) is 23.3. The lowest BCUT2D eigenvalue weighted by molar-refractivity contribution is 0.415. The molecule has 0 radical (unpaired) electrons. The predicted octanol–water partition coefficient (Wildman–Crippen LogP) is 7.11. The Morgan fingerprint density at radius 3 is 0.947 bits per heavy atom. The maximum atomic E-state index is 5.39. The molecule has 184 valence electrons. The first-order valence-electron chi connectivity index (χ1n) is 12.2. The summed E-state index contributed by atoms with van der Waals surface area (Å²) in [5.74, 6) is 1.54. The lowest BCUT2D eigenvalue weighted by Gasteiger charge is -2.16. The number of aromatic nitrogens is 4. The molecular weight excluding hydrogens is 472 g/mol. The number of benzene rings is 4. The quantitative estimate of drug-likeness (QED) is 0.245. The molecule has 0 atom stereocenters. The van der Waals surface area contributed by atoms with Crippen molar-refractivity contribution in [1.82, 2.24) is 20.4 Å². The van der Waals surface area contributed by atoms with Crippen LogP contribution in [-0.2, 0) is 0 Å². The van der Waals surface area contributed by atoms with Crippen molar-refractivity contribution in [3.63, 3.8) is 0 Å². The van der Waals surface area contributed by atoms with Crippen LogP contribution in [-0.4, -0.2) is 34.6 Å². The third kappa shape index (κ3) is 4.22. The van der Waals surface area contributed by atoms with E-state index >= 15 is 0 Å². The van der Waals surface area contributed by atoms with Gasteiger partial charge in [-0.1, -0.05) is 60.7 Å². The highest BCUT2D eigenvalue weighted by Crippen LogP contribution is 2.41. The van der Waals surface area contributed by atoms with Crippen molar-refractivity contribution in [3.05, 3.63) is 109 Å². The average Bonchev–Trinajstić information content (AvgIpc) is 3.01. The van der Waals surface area contributed by atoms with Crippen molar-refractivity contribution in [1.29, 1.82) is 0 Å². The van der Waals surface area contributed by atoms with E-state index in [1.807, 2.05) is 109 Å². The molecule has 6 aromatic rings. The van der Waals surface area contributed by atoms with Crippen LogP contribution < -0.4 is 9.47 Å². The number of methoxy groups -OCH3 is 2. The van der Waals surface area contributed by atoms with Gasteiger partial charge in [-0.15, -0.1) is 20.4 Å². The first-order chi connectivity index (χ1) is 18.8. The van der Waals surface area contributed by atoms with Crippen LogP contribution >= 0.6 is 0 Å². The smallest absolute Gasteiger partial charge is 0.118 e. The van der Waals surface area contributed by atoms with Gasteiger partial charge in [0.15, 0.2) is 0 Å². The fraction of sp³-hybridized carbons (Fsp3) is 0.0625. The zero-order valence-electron chi connectivity index (χ0n) is 21.0. The lowest BCUT2D eigenvalue weighted by atomic mass is 9.94. The maximum Gasteiger partial charge on any atom is 0.118 e. The van der Waals surface area contributed by atoms with Crippen LogP contribution in [0.15, 0.2) is 109 Å². The van der Waals surface area contributed by atoms with Crippen LogP contribution in [0.4, 0.5) is 0 Å². The van der Waals surface area contributed by atoms with Crippen molar-refractivity contribution in [2.75, 3.05) is 14.2 Å². The van der Waals surface area contributed by atoms with Crippen molar-refractivity contribution in [2.45, 2.75) is 0 Å². The lowest BCUT2D eigenvalue weighted by Crippen LogP contribution is -2.02. The van der Waals surface area contributed by atoms with Gasteiger partial charge in [-0.3, -0.25) is 0 Å². The molecular formula is C32H24N4O2. The summed E-state index contributed by atoms with van der Waals surface area (Å²) in [5, 5.41) is 20.9. The van der Waals surface area contributed by atoms with Gasteiger partial charge in [-0.2, -0.15) is 0 Å². The van der Waals surface area contributed by atoms with Gasteiger partial charge >= 0.3 is 0 Å². The number of rotatable bonds is 6. The van der Waals surface area contributed by atoms with Crippen LogP contribution in [0.1, 0.15) is 0 Å². The average molecular weight is 497 g/mol. The summed E-state index contributed by atoms with van der Waals surface area (Å²) in [5.41, 5.74) is 6.67. The largest absolute Gasteiger partial charge is 0.497 e. The minimum Gasteiger partial charge on any atom is -0.497 e. The number of fused-ring (bicyclic) bond motifs is 1. The number of ether oxygens (including phenoxy) is 2. The second kappa shape index (κ2) is 10.1. The Labute approximate surface area is 220 Å². The molecule has 0 aliphatic rings. The Bertz CT molecular complexity index is 1570. The van der Waals surface area contributed by atoms with Crippen molar-refractivity contribution in [3.8, 4) is 56.5 Å². The predicted molar refractivity (Wildman–Crippen MR) is 150 cm³/mol. The van der Waals surface area contributed by atoms with E-state index in [4.69, 9.17) is 29.9 Å². The topological polar surface area (TPSA) is 70.0 Å². The summed E-state index contributed by atoms with van der Waals surface area (Å²) in [6, 6.07) is 35.8. The maximum absolute atomic E-state index is 5.39. The van der Waals surface area contributed by atoms with Gasteiger partial charge in [0.2, 0.25) is 0 Å². The summed E-state index contributed by atoms with van der Waals surface area (Å²) in [7, 11) is 3.31. The molecule has 0 bridgehead atoms. The van der Waals surface area contributed by atoms with E-state index in [0.717, 1.165) is 67.3 Å². The minimum atomic E-state index is 0.728. The highest BCUT2D eigenvalue weighted by Gasteiger charge is 2.23. The second-order valence-electron chi connectivity index (χ2n) is 8.73. The summed E-state index contributed by atoms with van der Waals surface area (Å²) < 4.78 is 10.8. The van der Waals surface area contributed by atoms with Crippen LogP contribution in [0.5, 0.6) is 11.5 Å². The Kier molecular flexibility index (Phi) is 6.20. The summed E-state index contributed by atoms with van der Waals surface area (Å²) >= 11 is 0. The monoisotopic (exact) mass is 496 g/mol. The zero-order valence-corrected chi connectivity index (χ0v) is 21.0. The van der Waals surface area contributed by atoms with Gasteiger partial charge in [-0.05, 0) is 48.5 Å². The van der Waals surface area contributed by atoms with Gasteiger partial charge in [0.05, 0.1) is 14.2 Å². The molecule has 0 saturated heterocycles. The second-order valence-corrected chi connectivity index (χ2v) is 8.73. The molecule has 38 heavy (non-hydrogen) atoms. The highest BCUT2D eigenvalue weighted by molar-refractivity contribution is 6.13. The van der Waals surface area contributed by atoms with Gasteiger partial charge in [0.1, 0.15) is 34.3 Å².